The molecule has 0 aliphatic heterocycles. The van der Waals surface area contributed by atoms with Gasteiger partial charge in [-0.15, -0.1) is 0 Å². The Hall–Kier alpha value is -1.16. The highest BCUT2D eigenvalue weighted by atomic mass is 28.4. The summed E-state index contributed by atoms with van der Waals surface area (Å²) < 4.78 is 29.2. The van der Waals surface area contributed by atoms with E-state index in [9.17, 15) is 15.0 Å². The third-order valence-electron chi connectivity index (χ3n) is 16.5. The molecule has 7 nitrogen and oxygen atoms in total. The molecular formula is C56H110O7Si4. The Morgan fingerprint density at radius 3 is 1.42 bits per heavy atom. The van der Waals surface area contributed by atoms with E-state index in [-0.39, 0.29) is 74.2 Å². The molecule has 11 atom stereocenters. The summed E-state index contributed by atoms with van der Waals surface area (Å²) in [6.45, 7) is 63.6. The molecule has 0 aliphatic carbocycles. The van der Waals surface area contributed by atoms with Crippen molar-refractivity contribution in [2.45, 2.75) is 253 Å². The van der Waals surface area contributed by atoms with Crippen LogP contribution in [0.1, 0.15) is 150 Å². The topological polar surface area (TPSA) is 94.5 Å². The van der Waals surface area contributed by atoms with E-state index < -0.39 is 45.3 Å². The van der Waals surface area contributed by atoms with Crippen LogP contribution in [0, 0.1) is 35.5 Å². The van der Waals surface area contributed by atoms with Crippen molar-refractivity contribution in [1.29, 1.82) is 0 Å². The maximum Gasteiger partial charge on any atom is 0.328 e. The van der Waals surface area contributed by atoms with Crippen molar-refractivity contribution in [3.05, 3.63) is 61.3 Å². The van der Waals surface area contributed by atoms with Crippen molar-refractivity contribution < 1.29 is 32.7 Å². The summed E-state index contributed by atoms with van der Waals surface area (Å²) in [5.41, 5.74) is 0. The maximum atomic E-state index is 11.6. The van der Waals surface area contributed by atoms with Gasteiger partial charge in [0.1, 0.15) is 0 Å². The van der Waals surface area contributed by atoms with Crippen LogP contribution in [0.4, 0.5) is 0 Å². The van der Waals surface area contributed by atoms with E-state index in [2.05, 4.69) is 202 Å². The molecule has 67 heavy (non-hydrogen) atoms. The largest absolute Gasteiger partial charge is 0.478 e. The number of carbonyl (C=O) groups is 1. The zero-order valence-corrected chi connectivity index (χ0v) is 52.5. The van der Waals surface area contributed by atoms with Crippen molar-refractivity contribution in [1.82, 2.24) is 0 Å². The molecule has 0 amide bonds. The van der Waals surface area contributed by atoms with E-state index >= 15 is 0 Å². The second-order valence-corrected chi connectivity index (χ2v) is 45.8. The minimum absolute atomic E-state index is 0.00525. The Morgan fingerprint density at radius 1 is 0.537 bits per heavy atom. The van der Waals surface area contributed by atoms with Crippen LogP contribution in [-0.4, -0.2) is 80.0 Å². The van der Waals surface area contributed by atoms with Gasteiger partial charge in [-0.05, 0) is 115 Å². The van der Waals surface area contributed by atoms with Crippen LogP contribution in [-0.2, 0) is 22.5 Å². The highest BCUT2D eigenvalue weighted by Crippen LogP contribution is 2.44. The molecule has 392 valence electrons. The Kier molecular flexibility index (Phi) is 26.0. The quantitative estimate of drug-likeness (QED) is 0.0349. The average molecular weight is 1010 g/mol. The van der Waals surface area contributed by atoms with Crippen LogP contribution in [0.3, 0.4) is 0 Å². The zero-order chi connectivity index (χ0) is 52.9. The van der Waals surface area contributed by atoms with Gasteiger partial charge in [0, 0.05) is 24.3 Å². The lowest BCUT2D eigenvalue weighted by Gasteiger charge is -2.44. The van der Waals surface area contributed by atoms with Crippen molar-refractivity contribution in [3.63, 3.8) is 0 Å². The molecule has 0 fully saturated rings. The molecule has 0 saturated carbocycles. The smallest absolute Gasteiger partial charge is 0.328 e. The van der Waals surface area contributed by atoms with Gasteiger partial charge in [-0.2, -0.15) is 0 Å². The Labute approximate surface area is 420 Å². The van der Waals surface area contributed by atoms with Gasteiger partial charge in [-0.3, -0.25) is 0 Å². The Balaban J connectivity index is 7.20. The van der Waals surface area contributed by atoms with Crippen LogP contribution < -0.4 is 0 Å². The van der Waals surface area contributed by atoms with E-state index in [1.54, 1.807) is 12.2 Å². The minimum atomic E-state index is -2.23. The minimum Gasteiger partial charge on any atom is -0.478 e. The number of aliphatic hydroxyl groups excluding tert-OH is 1. The molecular weight excluding hydrogens is 897 g/mol. The fraction of sp³-hybridized carbons (Fsp3) is 0.804. The zero-order valence-electron chi connectivity index (χ0n) is 48.5. The molecule has 0 aliphatic rings. The summed E-state index contributed by atoms with van der Waals surface area (Å²) in [6.07, 6.45) is 19.9. The molecule has 0 heterocycles. The van der Waals surface area contributed by atoms with Gasteiger partial charge in [-0.1, -0.05) is 180 Å². The fourth-order valence-corrected chi connectivity index (χ4v) is 13.1. The lowest BCUT2D eigenvalue weighted by molar-refractivity contribution is -0.131. The molecule has 0 bridgehead atoms. The van der Waals surface area contributed by atoms with Gasteiger partial charge in [0.25, 0.3) is 0 Å². The predicted molar refractivity (Wildman–Crippen MR) is 302 cm³/mol. The van der Waals surface area contributed by atoms with Gasteiger partial charge in [-0.25, -0.2) is 4.79 Å². The maximum absolute atomic E-state index is 11.6. The molecule has 0 radical (unpaired) electrons. The Morgan fingerprint density at radius 2 is 0.970 bits per heavy atom. The second kappa shape index (κ2) is 26.5. The van der Waals surface area contributed by atoms with E-state index in [0.717, 1.165) is 19.3 Å². The van der Waals surface area contributed by atoms with Crippen LogP contribution in [0.2, 0.25) is 72.5 Å². The van der Waals surface area contributed by atoms with Crippen LogP contribution in [0.5, 0.6) is 0 Å². The summed E-state index contributed by atoms with van der Waals surface area (Å²) in [5.74, 6) is -0.136. The fourth-order valence-electron chi connectivity index (χ4n) is 7.43. The molecule has 11 heteroatoms. The molecule has 0 unspecified atom stereocenters. The average Bonchev–Trinajstić information content (AvgIpc) is 3.14. The third kappa shape index (κ3) is 22.0. The lowest BCUT2D eigenvalue weighted by atomic mass is 9.82. The standard InChI is InChI=1S/C56H110O7Si4/c1-28-29-32-43(4)51(59)46(7)48(61-65(22,23)54(11,12)13)38-35-41(2)39-45(6)52(63-67(26,27)56(17,18)19)44(5)36-37-47(60-64(20,21)53(8,9)10)40-49(62-66(24,25)55(14,15)16)42(3)33-30-31-34-50(57)58/h28-34,36-37,41-49,51-52,59H,1,35,38-40H2,2-27H3,(H,57,58)/t41-,42-,43-,44-,45+,46-,47+,48+,49-,51-,52-/m0/s1. The van der Waals surface area contributed by atoms with E-state index in [0.29, 0.717) is 12.3 Å². The highest BCUT2D eigenvalue weighted by molar-refractivity contribution is 6.75. The van der Waals surface area contributed by atoms with Crippen LogP contribution in [0.25, 0.3) is 0 Å². The Bertz CT molecular complexity index is 1600. The number of allylic oxidation sites excluding steroid dienone is 4. The van der Waals surface area contributed by atoms with Gasteiger partial charge >= 0.3 is 5.97 Å². The number of aliphatic carboxylic acids is 1. The normalized spacial score (nSPS) is 19.6. The molecule has 0 rings (SSSR count). The molecule has 0 spiro atoms. The number of rotatable bonds is 28. The molecule has 0 aromatic rings. The number of aliphatic hydroxyl groups is 1. The molecule has 0 saturated heterocycles. The summed E-state index contributed by atoms with van der Waals surface area (Å²) in [7, 11) is -8.74. The van der Waals surface area contributed by atoms with E-state index in [4.69, 9.17) is 17.7 Å². The van der Waals surface area contributed by atoms with Gasteiger partial charge in [0.2, 0.25) is 0 Å². The summed E-state index contributed by atoms with van der Waals surface area (Å²) in [4.78, 5) is 11.3. The number of carboxylic acid groups (broad SMARTS) is 1. The summed E-state index contributed by atoms with van der Waals surface area (Å²) in [6, 6.07) is 0. The van der Waals surface area contributed by atoms with Crippen molar-refractivity contribution in [3.8, 4) is 0 Å². The molecule has 0 aromatic heterocycles. The first-order chi connectivity index (χ1) is 29.9. The van der Waals surface area contributed by atoms with Crippen molar-refractivity contribution in [2.24, 2.45) is 35.5 Å². The summed E-state index contributed by atoms with van der Waals surface area (Å²) in [5, 5.41) is 21.0. The SMILES string of the molecule is C=CC=C[C@H](C)[C@H](O)[C@@H](C)[C@@H](CC[C@H](C)C[C@@H](C)[C@@H](O[Si](C)(C)C(C)(C)C)[C@@H](C)C=C[C@H](C[C@H](O[Si](C)(C)C(C)(C)C)[C@@H](C)C=CC=CC(=O)O)O[Si](C)(C)C(C)(C)C)O[Si](C)(C)C(C)(C)C. The summed E-state index contributed by atoms with van der Waals surface area (Å²) >= 11 is 0. The van der Waals surface area contributed by atoms with Gasteiger partial charge in [0.15, 0.2) is 33.3 Å². The molecule has 2 N–H and O–H groups in total. The van der Waals surface area contributed by atoms with Gasteiger partial charge in [0.05, 0.1) is 30.5 Å². The van der Waals surface area contributed by atoms with E-state index in [1.807, 2.05) is 18.2 Å². The van der Waals surface area contributed by atoms with Crippen molar-refractivity contribution >= 4 is 39.2 Å². The predicted octanol–water partition coefficient (Wildman–Crippen LogP) is 16.8. The molecule has 0 aromatic carbocycles. The third-order valence-corrected chi connectivity index (χ3v) is 34.4. The second-order valence-electron chi connectivity index (χ2n) is 26.7. The first-order valence-corrected chi connectivity index (χ1v) is 37.5. The number of carboxylic acids is 1. The highest BCUT2D eigenvalue weighted by Gasteiger charge is 2.45. The first kappa shape index (κ1) is 65.8. The lowest BCUT2D eigenvalue weighted by Crippen LogP contribution is -2.48. The van der Waals surface area contributed by atoms with Crippen molar-refractivity contribution in [2.75, 3.05) is 0 Å². The van der Waals surface area contributed by atoms with Crippen LogP contribution >= 0.6 is 0 Å². The number of hydrogen-bond donors (Lipinski definition) is 2. The monoisotopic (exact) mass is 1010 g/mol. The first-order valence-electron chi connectivity index (χ1n) is 25.9. The van der Waals surface area contributed by atoms with Gasteiger partial charge < -0.3 is 27.9 Å². The van der Waals surface area contributed by atoms with E-state index in [1.165, 1.54) is 6.08 Å². The van der Waals surface area contributed by atoms with Crippen LogP contribution in [0.15, 0.2) is 61.3 Å². The number of hydrogen-bond acceptors (Lipinski definition) is 6.